The Bertz CT molecular complexity index is 61.4. The monoisotopic (exact) mass is 170 g/mol. The summed E-state index contributed by atoms with van der Waals surface area (Å²) in [4.78, 5) is 0. The van der Waals surface area contributed by atoms with Gasteiger partial charge in [-0.15, -0.1) is 0 Å². The number of ether oxygens (including phenoxy) is 1. The van der Waals surface area contributed by atoms with Gasteiger partial charge in [0.25, 0.3) is 0 Å². The van der Waals surface area contributed by atoms with Crippen molar-refractivity contribution in [3.63, 3.8) is 0 Å². The van der Waals surface area contributed by atoms with Crippen LogP contribution in [-0.4, -0.2) is 13.2 Å². The first-order valence-electron chi connectivity index (χ1n) is 5.08. The first-order chi connectivity index (χ1) is 5.91. The van der Waals surface area contributed by atoms with Gasteiger partial charge in [0.2, 0.25) is 0 Å². The first-order valence-corrected chi connectivity index (χ1v) is 5.08. The maximum absolute atomic E-state index is 5.40. The van der Waals surface area contributed by atoms with E-state index in [2.05, 4.69) is 13.8 Å². The summed E-state index contributed by atoms with van der Waals surface area (Å²) in [5.74, 6) is 0. The molecule has 0 N–H and O–H groups in total. The molecule has 0 spiro atoms. The van der Waals surface area contributed by atoms with Crippen LogP contribution in [0.4, 0.5) is 0 Å². The largest absolute Gasteiger partial charge is 0.381 e. The van der Waals surface area contributed by atoms with Gasteiger partial charge in [-0.25, -0.2) is 0 Å². The SMILES string of the molecule is [CH2]CCCCCCOCCC[CH2]. The minimum Gasteiger partial charge on any atom is -0.381 e. The highest BCUT2D eigenvalue weighted by Gasteiger charge is 1.89. The van der Waals surface area contributed by atoms with Gasteiger partial charge in [-0.2, -0.15) is 0 Å². The highest BCUT2D eigenvalue weighted by molar-refractivity contribution is 4.45. The van der Waals surface area contributed by atoms with Crippen LogP contribution in [0.3, 0.4) is 0 Å². The van der Waals surface area contributed by atoms with Gasteiger partial charge in [0.1, 0.15) is 0 Å². The number of hydrogen-bond acceptors (Lipinski definition) is 1. The molecule has 0 saturated heterocycles. The minimum atomic E-state index is 0.888. The summed E-state index contributed by atoms with van der Waals surface area (Å²) in [6.45, 7) is 9.38. The van der Waals surface area contributed by atoms with Crippen molar-refractivity contribution < 1.29 is 4.74 Å². The van der Waals surface area contributed by atoms with Gasteiger partial charge in [-0.3, -0.25) is 0 Å². The smallest absolute Gasteiger partial charge is 0.0466 e. The van der Waals surface area contributed by atoms with Gasteiger partial charge in [-0.1, -0.05) is 46.0 Å². The molecule has 0 aromatic carbocycles. The van der Waals surface area contributed by atoms with E-state index < -0.39 is 0 Å². The lowest BCUT2D eigenvalue weighted by molar-refractivity contribution is 0.128. The summed E-state index contributed by atoms with van der Waals surface area (Å²) < 4.78 is 5.40. The zero-order valence-corrected chi connectivity index (χ0v) is 8.19. The average molecular weight is 170 g/mol. The van der Waals surface area contributed by atoms with E-state index in [-0.39, 0.29) is 0 Å². The molecule has 0 amide bonds. The Morgan fingerprint density at radius 1 is 0.667 bits per heavy atom. The van der Waals surface area contributed by atoms with Crippen LogP contribution in [0.2, 0.25) is 0 Å². The number of hydrogen-bond donors (Lipinski definition) is 0. The molecular weight excluding hydrogens is 148 g/mol. The minimum absolute atomic E-state index is 0.888. The summed E-state index contributed by atoms with van der Waals surface area (Å²) in [7, 11) is 0. The van der Waals surface area contributed by atoms with E-state index in [0.717, 1.165) is 32.5 Å². The fourth-order valence-corrected chi connectivity index (χ4v) is 1.04. The van der Waals surface area contributed by atoms with Crippen LogP contribution in [0.25, 0.3) is 0 Å². The molecule has 2 radical (unpaired) electrons. The number of unbranched alkanes of at least 4 members (excludes halogenated alkanes) is 5. The lowest BCUT2D eigenvalue weighted by Crippen LogP contribution is -1.96. The first kappa shape index (κ1) is 12.0. The Labute approximate surface area is 77.5 Å². The molecule has 0 rings (SSSR count). The summed E-state index contributed by atoms with van der Waals surface area (Å²) in [6.07, 6.45) is 8.22. The molecule has 72 valence electrons. The van der Waals surface area contributed by atoms with Crippen molar-refractivity contribution in [3.05, 3.63) is 13.8 Å². The summed E-state index contributed by atoms with van der Waals surface area (Å²) in [6, 6.07) is 0. The molecule has 0 fully saturated rings. The molecule has 0 atom stereocenters. The van der Waals surface area contributed by atoms with Crippen LogP contribution < -0.4 is 0 Å². The summed E-state index contributed by atoms with van der Waals surface area (Å²) in [5, 5.41) is 0. The topological polar surface area (TPSA) is 9.23 Å². The second kappa shape index (κ2) is 11.0. The van der Waals surface area contributed by atoms with Crippen molar-refractivity contribution in [2.45, 2.75) is 44.9 Å². The Balaban J connectivity index is 2.73. The van der Waals surface area contributed by atoms with E-state index in [1.165, 1.54) is 25.7 Å². The van der Waals surface area contributed by atoms with Crippen molar-refractivity contribution in [2.24, 2.45) is 0 Å². The Morgan fingerprint density at radius 2 is 1.25 bits per heavy atom. The molecule has 1 heteroatoms. The van der Waals surface area contributed by atoms with Crippen molar-refractivity contribution in [1.29, 1.82) is 0 Å². The standard InChI is InChI=1S/C11H22O/c1-3-5-7-8-9-11-12-10-6-4-2/h1-11H2. The predicted octanol–water partition coefficient (Wildman–Crippen LogP) is 3.40. The van der Waals surface area contributed by atoms with Gasteiger partial charge in [0, 0.05) is 13.2 Å². The molecule has 0 aromatic heterocycles. The van der Waals surface area contributed by atoms with Crippen LogP contribution in [0.15, 0.2) is 0 Å². The van der Waals surface area contributed by atoms with E-state index in [0.29, 0.717) is 0 Å². The van der Waals surface area contributed by atoms with E-state index in [1.54, 1.807) is 0 Å². The van der Waals surface area contributed by atoms with Crippen LogP contribution in [0, 0.1) is 13.8 Å². The van der Waals surface area contributed by atoms with Crippen molar-refractivity contribution in [2.75, 3.05) is 13.2 Å². The third-order valence-electron chi connectivity index (χ3n) is 1.83. The number of rotatable bonds is 9. The third kappa shape index (κ3) is 9.96. The fraction of sp³-hybridized carbons (Fsp3) is 0.818. The lowest BCUT2D eigenvalue weighted by Gasteiger charge is -2.02. The fourth-order valence-electron chi connectivity index (χ4n) is 1.04. The van der Waals surface area contributed by atoms with Crippen LogP contribution in [-0.2, 0) is 4.74 Å². The molecule has 0 heterocycles. The molecule has 0 saturated carbocycles. The van der Waals surface area contributed by atoms with Gasteiger partial charge >= 0.3 is 0 Å². The second-order valence-electron chi connectivity index (χ2n) is 3.09. The zero-order valence-electron chi connectivity index (χ0n) is 8.19. The highest BCUT2D eigenvalue weighted by atomic mass is 16.5. The molecule has 1 nitrogen and oxygen atoms in total. The molecule has 0 aliphatic rings. The van der Waals surface area contributed by atoms with Crippen LogP contribution in [0.1, 0.15) is 44.9 Å². The van der Waals surface area contributed by atoms with Gasteiger partial charge in [0.15, 0.2) is 0 Å². The second-order valence-corrected chi connectivity index (χ2v) is 3.09. The molecule has 0 unspecified atom stereocenters. The zero-order chi connectivity index (χ0) is 9.07. The third-order valence-corrected chi connectivity index (χ3v) is 1.83. The molecule has 0 aromatic rings. The summed E-state index contributed by atoms with van der Waals surface area (Å²) >= 11 is 0. The van der Waals surface area contributed by atoms with E-state index in [4.69, 9.17) is 4.74 Å². The van der Waals surface area contributed by atoms with Gasteiger partial charge in [0.05, 0.1) is 0 Å². The van der Waals surface area contributed by atoms with E-state index in [9.17, 15) is 0 Å². The van der Waals surface area contributed by atoms with Gasteiger partial charge < -0.3 is 4.74 Å². The Morgan fingerprint density at radius 3 is 1.92 bits per heavy atom. The normalized spacial score (nSPS) is 10.5. The quantitative estimate of drug-likeness (QED) is 0.482. The molecule has 0 aliphatic carbocycles. The maximum Gasteiger partial charge on any atom is 0.0466 e. The predicted molar refractivity (Wildman–Crippen MR) is 53.9 cm³/mol. The van der Waals surface area contributed by atoms with Crippen LogP contribution >= 0.6 is 0 Å². The summed E-state index contributed by atoms with van der Waals surface area (Å²) in [5.41, 5.74) is 0. The Hall–Kier alpha value is -0.0400. The van der Waals surface area contributed by atoms with Crippen molar-refractivity contribution >= 4 is 0 Å². The maximum atomic E-state index is 5.40. The molecule has 0 aliphatic heterocycles. The molecular formula is C11H22O. The van der Waals surface area contributed by atoms with Crippen molar-refractivity contribution in [1.82, 2.24) is 0 Å². The van der Waals surface area contributed by atoms with E-state index in [1.807, 2.05) is 0 Å². The molecule has 0 bridgehead atoms. The Kier molecular flexibility index (Phi) is 10.9. The van der Waals surface area contributed by atoms with Crippen molar-refractivity contribution in [3.8, 4) is 0 Å². The average Bonchev–Trinajstić information content (AvgIpc) is 2.10. The highest BCUT2D eigenvalue weighted by Crippen LogP contribution is 2.02. The van der Waals surface area contributed by atoms with Crippen LogP contribution in [0.5, 0.6) is 0 Å². The van der Waals surface area contributed by atoms with E-state index >= 15 is 0 Å². The molecule has 12 heavy (non-hydrogen) atoms. The lowest BCUT2D eigenvalue weighted by atomic mass is 10.2. The van der Waals surface area contributed by atoms with Gasteiger partial charge in [-0.05, 0) is 12.8 Å².